The molecule has 0 saturated carbocycles. The fraction of sp³-hybridized carbons (Fsp3) is 0.818. The summed E-state index contributed by atoms with van der Waals surface area (Å²) in [6.45, 7) is 2.07. The van der Waals surface area contributed by atoms with Crippen molar-refractivity contribution in [1.82, 2.24) is 0 Å². The van der Waals surface area contributed by atoms with Gasteiger partial charge in [-0.25, -0.2) is 0 Å². The molecule has 0 aliphatic rings. The molecule has 0 aromatic carbocycles. The maximum Gasteiger partial charge on any atom is 0.441 e. The summed E-state index contributed by atoms with van der Waals surface area (Å²) < 4.78 is 35.1. The molecule has 0 fully saturated rings. The fourth-order valence-corrected chi connectivity index (χ4v) is 1.56. The van der Waals surface area contributed by atoms with Gasteiger partial charge in [-0.3, -0.25) is 0 Å². The Morgan fingerprint density at radius 1 is 1.00 bits per heavy atom. The van der Waals surface area contributed by atoms with Gasteiger partial charge in [0.05, 0.1) is 0 Å². The largest absolute Gasteiger partial charge is 0.441 e. The van der Waals surface area contributed by atoms with Gasteiger partial charge in [0.15, 0.2) is 0 Å². The second kappa shape index (κ2) is 8.96. The van der Waals surface area contributed by atoms with Crippen molar-refractivity contribution in [3.05, 3.63) is 0 Å². The van der Waals surface area contributed by atoms with E-state index in [0.717, 1.165) is 32.1 Å². The minimum Gasteiger partial charge on any atom is -0.160 e. The van der Waals surface area contributed by atoms with E-state index in [4.69, 9.17) is 0 Å². The van der Waals surface area contributed by atoms with E-state index in [1.165, 1.54) is 0 Å². The standard InChI is InChI=1S/C11H17F3S/c1-2-3-4-5-6-7-8-9-10-15-11(12,13)14/h2-3,6-10H2,1H3. The molecule has 0 atom stereocenters. The van der Waals surface area contributed by atoms with E-state index in [-0.39, 0.29) is 17.5 Å². The topological polar surface area (TPSA) is 0 Å². The monoisotopic (exact) mass is 238 g/mol. The number of unbranched alkanes of at least 4 members (excludes halogenated alkanes) is 4. The van der Waals surface area contributed by atoms with Crippen molar-refractivity contribution in [1.29, 1.82) is 0 Å². The first-order valence-electron chi connectivity index (χ1n) is 5.22. The molecule has 0 aliphatic heterocycles. The predicted molar refractivity (Wildman–Crippen MR) is 59.7 cm³/mol. The van der Waals surface area contributed by atoms with Crippen molar-refractivity contribution in [2.24, 2.45) is 0 Å². The second-order valence-electron chi connectivity index (χ2n) is 3.21. The zero-order valence-corrected chi connectivity index (χ0v) is 9.81. The van der Waals surface area contributed by atoms with E-state index in [1.54, 1.807) is 0 Å². The van der Waals surface area contributed by atoms with Gasteiger partial charge in [0, 0.05) is 18.6 Å². The quantitative estimate of drug-likeness (QED) is 0.481. The number of halogens is 3. The van der Waals surface area contributed by atoms with Crippen LogP contribution < -0.4 is 0 Å². The highest BCUT2D eigenvalue weighted by Crippen LogP contribution is 2.30. The van der Waals surface area contributed by atoms with E-state index in [0.29, 0.717) is 6.42 Å². The normalized spacial score (nSPS) is 10.9. The van der Waals surface area contributed by atoms with Crippen LogP contribution in [-0.2, 0) is 0 Å². The van der Waals surface area contributed by atoms with Gasteiger partial charge in [-0.05, 0) is 19.3 Å². The van der Waals surface area contributed by atoms with Gasteiger partial charge in [0.25, 0.3) is 0 Å². The first-order chi connectivity index (χ1) is 7.06. The van der Waals surface area contributed by atoms with Gasteiger partial charge < -0.3 is 0 Å². The van der Waals surface area contributed by atoms with Crippen molar-refractivity contribution >= 4 is 11.8 Å². The summed E-state index contributed by atoms with van der Waals surface area (Å²) in [5.41, 5.74) is -4.07. The number of alkyl halides is 3. The van der Waals surface area contributed by atoms with Crippen LogP contribution in [0.25, 0.3) is 0 Å². The van der Waals surface area contributed by atoms with Gasteiger partial charge in [0.2, 0.25) is 0 Å². The molecule has 0 saturated heterocycles. The van der Waals surface area contributed by atoms with Crippen molar-refractivity contribution in [2.75, 3.05) is 5.75 Å². The van der Waals surface area contributed by atoms with E-state index in [1.807, 2.05) is 0 Å². The van der Waals surface area contributed by atoms with Gasteiger partial charge in [-0.15, -0.1) is 11.8 Å². The third-order valence-corrected chi connectivity index (χ3v) is 2.53. The zero-order valence-electron chi connectivity index (χ0n) is 8.99. The summed E-state index contributed by atoms with van der Waals surface area (Å²) in [5.74, 6) is 6.20. The first-order valence-corrected chi connectivity index (χ1v) is 6.21. The summed E-state index contributed by atoms with van der Waals surface area (Å²) in [5, 5.41) is 0. The van der Waals surface area contributed by atoms with E-state index in [9.17, 15) is 13.2 Å². The Morgan fingerprint density at radius 2 is 1.67 bits per heavy atom. The molecule has 88 valence electrons. The Kier molecular flexibility index (Phi) is 8.79. The molecule has 0 rings (SSSR count). The van der Waals surface area contributed by atoms with E-state index in [2.05, 4.69) is 18.8 Å². The third-order valence-electron chi connectivity index (χ3n) is 1.71. The van der Waals surface area contributed by atoms with Crippen LogP contribution >= 0.6 is 11.8 Å². The van der Waals surface area contributed by atoms with Crippen LogP contribution in [0.2, 0.25) is 0 Å². The summed E-state index contributed by atoms with van der Waals surface area (Å²) in [4.78, 5) is 0. The molecule has 0 N–H and O–H groups in total. The average Bonchev–Trinajstić information content (AvgIpc) is 2.14. The molecule has 0 bridgehead atoms. The smallest absolute Gasteiger partial charge is 0.160 e. The maximum atomic E-state index is 11.7. The first kappa shape index (κ1) is 14.7. The third kappa shape index (κ3) is 13.7. The van der Waals surface area contributed by atoms with Crippen molar-refractivity contribution in [2.45, 2.75) is 51.0 Å². The fourth-order valence-electron chi connectivity index (χ4n) is 0.982. The van der Waals surface area contributed by atoms with E-state index < -0.39 is 5.51 Å². The molecule has 0 spiro atoms. The predicted octanol–water partition coefficient (Wildman–Crippen LogP) is 4.60. The van der Waals surface area contributed by atoms with Crippen LogP contribution in [0.15, 0.2) is 0 Å². The molecule has 0 amide bonds. The van der Waals surface area contributed by atoms with Crippen LogP contribution in [0, 0.1) is 11.8 Å². The summed E-state index contributed by atoms with van der Waals surface area (Å²) >= 11 is 0.0695. The highest BCUT2D eigenvalue weighted by Gasteiger charge is 2.27. The highest BCUT2D eigenvalue weighted by molar-refractivity contribution is 8.00. The maximum absolute atomic E-state index is 11.7. The molecule has 0 nitrogen and oxygen atoms in total. The zero-order chi connectivity index (χ0) is 11.6. The lowest BCUT2D eigenvalue weighted by molar-refractivity contribution is -0.0328. The summed E-state index contributed by atoms with van der Waals surface area (Å²) in [7, 11) is 0. The lowest BCUT2D eigenvalue weighted by atomic mass is 10.2. The van der Waals surface area contributed by atoms with Crippen LogP contribution in [0.5, 0.6) is 0 Å². The SMILES string of the molecule is CCCC#CCCCCCSC(F)(F)F. The summed E-state index contributed by atoms with van der Waals surface area (Å²) in [6, 6.07) is 0. The Hall–Kier alpha value is -0.300. The molecule has 4 heteroatoms. The Morgan fingerprint density at radius 3 is 2.27 bits per heavy atom. The molecule has 0 aromatic heterocycles. The van der Waals surface area contributed by atoms with Crippen molar-refractivity contribution in [3.8, 4) is 11.8 Å². The number of thioether (sulfide) groups is 1. The lowest BCUT2D eigenvalue weighted by Crippen LogP contribution is -2.01. The molecular formula is C11H17F3S. The minimum atomic E-state index is -4.07. The molecule has 0 radical (unpaired) electrons. The number of hydrogen-bond donors (Lipinski definition) is 0. The van der Waals surface area contributed by atoms with Crippen LogP contribution in [0.1, 0.15) is 45.4 Å². The van der Waals surface area contributed by atoms with Gasteiger partial charge in [-0.1, -0.05) is 25.1 Å². The molecule has 0 aliphatic carbocycles. The van der Waals surface area contributed by atoms with Gasteiger partial charge >= 0.3 is 5.51 Å². The van der Waals surface area contributed by atoms with Crippen LogP contribution in [0.4, 0.5) is 13.2 Å². The highest BCUT2D eigenvalue weighted by atomic mass is 32.2. The lowest BCUT2D eigenvalue weighted by Gasteiger charge is -2.03. The Labute approximate surface area is 94.0 Å². The van der Waals surface area contributed by atoms with Crippen LogP contribution in [0.3, 0.4) is 0 Å². The van der Waals surface area contributed by atoms with Crippen molar-refractivity contribution in [3.63, 3.8) is 0 Å². The molecule has 0 heterocycles. The number of rotatable bonds is 6. The number of hydrogen-bond acceptors (Lipinski definition) is 1. The molecule has 0 unspecified atom stereocenters. The van der Waals surface area contributed by atoms with E-state index >= 15 is 0 Å². The van der Waals surface area contributed by atoms with Gasteiger partial charge in [-0.2, -0.15) is 13.2 Å². The molecule has 15 heavy (non-hydrogen) atoms. The van der Waals surface area contributed by atoms with Gasteiger partial charge in [0.1, 0.15) is 0 Å². The molecule has 0 aromatic rings. The van der Waals surface area contributed by atoms with Crippen molar-refractivity contribution < 1.29 is 13.2 Å². The Balaban J connectivity index is 3.16. The molecular weight excluding hydrogens is 221 g/mol. The minimum absolute atomic E-state index is 0.0695. The summed E-state index contributed by atoms with van der Waals surface area (Å²) in [6.07, 6.45) is 5.18. The average molecular weight is 238 g/mol. The second-order valence-corrected chi connectivity index (χ2v) is 4.37. The van der Waals surface area contributed by atoms with Crippen LogP contribution in [-0.4, -0.2) is 11.3 Å². The Bertz CT molecular complexity index is 200.